The number of aromatic nitrogens is 4. The molecule has 0 spiro atoms. The molecule has 9 nitrogen and oxygen atoms in total. The van der Waals surface area contributed by atoms with Gasteiger partial charge in [0.15, 0.2) is 5.82 Å². The van der Waals surface area contributed by atoms with E-state index in [2.05, 4.69) is 27.0 Å². The van der Waals surface area contributed by atoms with Crippen LogP contribution in [0.25, 0.3) is 22.7 Å². The molecule has 1 saturated heterocycles. The molecule has 9 heteroatoms. The second kappa shape index (κ2) is 9.16. The summed E-state index contributed by atoms with van der Waals surface area (Å²) in [4.78, 5) is 22.9. The first-order valence-corrected chi connectivity index (χ1v) is 10.8. The van der Waals surface area contributed by atoms with E-state index in [-0.39, 0.29) is 12.5 Å². The fourth-order valence-corrected chi connectivity index (χ4v) is 3.78. The number of anilines is 3. The summed E-state index contributed by atoms with van der Waals surface area (Å²) < 4.78 is 6.76. The van der Waals surface area contributed by atoms with E-state index in [9.17, 15) is 4.79 Å². The van der Waals surface area contributed by atoms with Crippen molar-refractivity contribution in [2.75, 3.05) is 30.0 Å². The number of nitrogens with one attached hydrogen (secondary N) is 1. The minimum Gasteiger partial charge on any atom is -0.403 e. The van der Waals surface area contributed by atoms with E-state index >= 15 is 0 Å². The molecule has 0 aliphatic carbocycles. The van der Waals surface area contributed by atoms with E-state index < -0.39 is 0 Å². The van der Waals surface area contributed by atoms with Crippen molar-refractivity contribution in [2.24, 2.45) is 5.73 Å². The Hall–Kier alpha value is -4.50. The number of morpholine rings is 1. The minimum absolute atomic E-state index is 0.0488. The molecule has 1 amide bonds. The third kappa shape index (κ3) is 4.24. The average Bonchev–Trinajstić information content (AvgIpc) is 3.26. The predicted octanol–water partition coefficient (Wildman–Crippen LogP) is 3.38. The number of para-hydroxylation sites is 1. The van der Waals surface area contributed by atoms with E-state index in [1.807, 2.05) is 54.6 Å². The van der Waals surface area contributed by atoms with Gasteiger partial charge in [-0.05, 0) is 36.4 Å². The average molecular weight is 454 g/mol. The van der Waals surface area contributed by atoms with Gasteiger partial charge in [-0.1, -0.05) is 24.8 Å². The molecule has 1 aliphatic heterocycles. The van der Waals surface area contributed by atoms with E-state index in [0.717, 1.165) is 27.8 Å². The molecule has 170 valence electrons. The minimum atomic E-state index is -0.0488. The quantitative estimate of drug-likeness (QED) is 0.460. The van der Waals surface area contributed by atoms with E-state index in [4.69, 9.17) is 10.5 Å². The Bertz CT molecular complexity index is 1390. The van der Waals surface area contributed by atoms with Crippen molar-refractivity contribution in [3.63, 3.8) is 0 Å². The Labute approximate surface area is 196 Å². The maximum absolute atomic E-state index is 12.1. The molecule has 1 aliphatic rings. The smallest absolute Gasteiger partial charge is 0.253 e. The van der Waals surface area contributed by atoms with Crippen LogP contribution in [-0.2, 0) is 9.53 Å². The second-order valence-electron chi connectivity index (χ2n) is 7.71. The maximum atomic E-state index is 12.1. The molecular formula is C25H23N7O2. The number of nitrogens with zero attached hydrogens (tertiary/aromatic N) is 5. The van der Waals surface area contributed by atoms with Crippen molar-refractivity contribution in [2.45, 2.75) is 0 Å². The van der Waals surface area contributed by atoms with Crippen LogP contribution >= 0.6 is 0 Å². The van der Waals surface area contributed by atoms with Crippen LogP contribution in [-0.4, -0.2) is 45.4 Å². The third-order valence-corrected chi connectivity index (χ3v) is 5.49. The zero-order valence-electron chi connectivity index (χ0n) is 18.4. The molecule has 3 heterocycles. The van der Waals surface area contributed by atoms with Crippen molar-refractivity contribution in [3.8, 4) is 0 Å². The topological polar surface area (TPSA) is 111 Å². The molecule has 2 aromatic carbocycles. The molecule has 34 heavy (non-hydrogen) atoms. The first-order chi connectivity index (χ1) is 16.6. The van der Waals surface area contributed by atoms with E-state index in [0.29, 0.717) is 30.5 Å². The van der Waals surface area contributed by atoms with Gasteiger partial charge in [0.25, 0.3) is 5.91 Å². The fraction of sp³-hybridized carbons (Fsp3) is 0.120. The Morgan fingerprint density at radius 2 is 2.00 bits per heavy atom. The Kier molecular flexibility index (Phi) is 5.75. The molecule has 3 N–H and O–H groups in total. The van der Waals surface area contributed by atoms with Gasteiger partial charge < -0.3 is 20.7 Å². The van der Waals surface area contributed by atoms with Crippen LogP contribution < -0.4 is 16.0 Å². The highest BCUT2D eigenvalue weighted by Crippen LogP contribution is 2.26. The molecular weight excluding hydrogens is 430 g/mol. The summed E-state index contributed by atoms with van der Waals surface area (Å²) in [5.41, 5.74) is 9.64. The number of pyridine rings is 1. The van der Waals surface area contributed by atoms with Crippen molar-refractivity contribution in [3.05, 3.63) is 85.0 Å². The number of nitrogens with two attached hydrogens (primary N) is 1. The highest BCUT2D eigenvalue weighted by Gasteiger charge is 2.20. The van der Waals surface area contributed by atoms with Crippen LogP contribution in [0, 0.1) is 0 Å². The van der Waals surface area contributed by atoms with Crippen molar-refractivity contribution in [1.82, 2.24) is 19.7 Å². The van der Waals surface area contributed by atoms with Crippen LogP contribution in [0.15, 0.2) is 73.6 Å². The van der Waals surface area contributed by atoms with Crippen LogP contribution in [0.1, 0.15) is 11.4 Å². The number of carbonyl (C=O) groups excluding carboxylic acids is 1. The second-order valence-corrected chi connectivity index (χ2v) is 7.71. The standard InChI is InChI=1S/C25H23N7O2/c1-17(19-14-18-4-2-3-5-22(18)27-15-19)24-29-25(30-32(24)11-10-26)28-20-6-8-21(9-7-20)31-12-13-34-16-23(31)33/h2-11,14-15H,1,12-13,16,26H2,(H,28,30)/b11-10-. The Morgan fingerprint density at radius 3 is 2.79 bits per heavy atom. The highest BCUT2D eigenvalue weighted by molar-refractivity contribution is 5.95. The molecule has 4 aromatic rings. The summed E-state index contributed by atoms with van der Waals surface area (Å²) >= 11 is 0. The molecule has 0 atom stereocenters. The first-order valence-electron chi connectivity index (χ1n) is 10.8. The fourth-order valence-electron chi connectivity index (χ4n) is 3.78. The lowest BCUT2D eigenvalue weighted by Crippen LogP contribution is -2.41. The number of hydrogen-bond acceptors (Lipinski definition) is 7. The van der Waals surface area contributed by atoms with Gasteiger partial charge in [-0.15, -0.1) is 5.10 Å². The molecule has 0 radical (unpaired) electrons. The maximum Gasteiger partial charge on any atom is 0.253 e. The molecule has 0 saturated carbocycles. The molecule has 1 fully saturated rings. The number of ether oxygens (including phenoxy) is 1. The van der Waals surface area contributed by atoms with Crippen LogP contribution in [0.3, 0.4) is 0 Å². The van der Waals surface area contributed by atoms with E-state index in [1.165, 1.54) is 6.20 Å². The van der Waals surface area contributed by atoms with E-state index in [1.54, 1.807) is 22.0 Å². The Morgan fingerprint density at radius 1 is 1.18 bits per heavy atom. The SMILES string of the molecule is C=C(c1cnc2ccccc2c1)c1nc(Nc2ccc(N3CCOCC3=O)cc2)nn1/C=C\N. The number of amides is 1. The van der Waals surface area contributed by atoms with Crippen molar-refractivity contribution >= 4 is 45.9 Å². The summed E-state index contributed by atoms with van der Waals surface area (Å²) in [6, 6.07) is 17.4. The first kappa shape index (κ1) is 21.4. The Balaban J connectivity index is 1.39. The van der Waals surface area contributed by atoms with Crippen LogP contribution in [0.2, 0.25) is 0 Å². The number of carbonyl (C=O) groups is 1. The van der Waals surface area contributed by atoms with Gasteiger partial charge in [0, 0.05) is 53.0 Å². The van der Waals surface area contributed by atoms with Gasteiger partial charge in [-0.3, -0.25) is 9.78 Å². The summed E-state index contributed by atoms with van der Waals surface area (Å²) in [5, 5.41) is 8.70. The number of benzene rings is 2. The van der Waals surface area contributed by atoms with Gasteiger partial charge in [-0.25, -0.2) is 4.68 Å². The molecule has 2 aromatic heterocycles. The molecule has 0 unspecified atom stereocenters. The summed E-state index contributed by atoms with van der Waals surface area (Å²) in [6.45, 7) is 5.40. The van der Waals surface area contributed by atoms with Crippen LogP contribution in [0.5, 0.6) is 0 Å². The summed E-state index contributed by atoms with van der Waals surface area (Å²) in [7, 11) is 0. The number of fused-ring (bicyclic) bond motifs is 1. The number of hydrogen-bond donors (Lipinski definition) is 2. The van der Waals surface area contributed by atoms with Gasteiger partial charge in [0.05, 0.1) is 12.1 Å². The lowest BCUT2D eigenvalue weighted by molar-refractivity contribution is -0.125. The molecule has 5 rings (SSSR count). The predicted molar refractivity (Wildman–Crippen MR) is 132 cm³/mol. The van der Waals surface area contributed by atoms with Gasteiger partial charge in [0.1, 0.15) is 6.61 Å². The monoisotopic (exact) mass is 453 g/mol. The zero-order valence-corrected chi connectivity index (χ0v) is 18.4. The lowest BCUT2D eigenvalue weighted by atomic mass is 10.1. The largest absolute Gasteiger partial charge is 0.403 e. The molecule has 0 bridgehead atoms. The van der Waals surface area contributed by atoms with Gasteiger partial charge >= 0.3 is 0 Å². The normalized spacial score (nSPS) is 14.1. The van der Waals surface area contributed by atoms with Gasteiger partial charge in [0.2, 0.25) is 5.95 Å². The summed E-state index contributed by atoms with van der Waals surface area (Å²) in [5.74, 6) is 0.877. The van der Waals surface area contributed by atoms with Gasteiger partial charge in [-0.2, -0.15) is 4.98 Å². The van der Waals surface area contributed by atoms with Crippen molar-refractivity contribution in [1.29, 1.82) is 0 Å². The van der Waals surface area contributed by atoms with Crippen molar-refractivity contribution < 1.29 is 9.53 Å². The van der Waals surface area contributed by atoms with Crippen LogP contribution in [0.4, 0.5) is 17.3 Å². The third-order valence-electron chi connectivity index (χ3n) is 5.49. The summed E-state index contributed by atoms with van der Waals surface area (Å²) in [6.07, 6.45) is 4.77. The number of rotatable bonds is 6. The zero-order chi connectivity index (χ0) is 23.5. The lowest BCUT2D eigenvalue weighted by Gasteiger charge is -2.26. The highest BCUT2D eigenvalue weighted by atomic mass is 16.5.